The van der Waals surface area contributed by atoms with E-state index >= 15 is 0 Å². The summed E-state index contributed by atoms with van der Waals surface area (Å²) in [6.07, 6.45) is 3.92. The van der Waals surface area contributed by atoms with Crippen molar-refractivity contribution >= 4 is 11.2 Å². The first-order valence-corrected chi connectivity index (χ1v) is 6.18. The Morgan fingerprint density at radius 2 is 2.28 bits per heavy atom. The molecule has 0 saturated carbocycles. The van der Waals surface area contributed by atoms with Crippen molar-refractivity contribution in [3.8, 4) is 0 Å². The first-order chi connectivity index (χ1) is 8.70. The highest BCUT2D eigenvalue weighted by atomic mass is 16.5. The van der Waals surface area contributed by atoms with Crippen molar-refractivity contribution in [1.82, 2.24) is 19.5 Å². The lowest BCUT2D eigenvalue weighted by molar-refractivity contribution is -0.0355. The van der Waals surface area contributed by atoms with Gasteiger partial charge in [-0.15, -0.1) is 0 Å². The summed E-state index contributed by atoms with van der Waals surface area (Å²) >= 11 is 0. The molecular weight excluding hydrogens is 232 g/mol. The quantitative estimate of drug-likeness (QED) is 0.864. The lowest BCUT2D eigenvalue weighted by Crippen LogP contribution is -2.19. The molecule has 0 radical (unpaired) electrons. The molecule has 6 nitrogen and oxygen atoms in total. The third kappa shape index (κ3) is 1.69. The molecule has 2 aromatic rings. The maximum atomic E-state index is 10.1. The van der Waals surface area contributed by atoms with E-state index in [-0.39, 0.29) is 6.10 Å². The Morgan fingerprint density at radius 1 is 1.44 bits per heavy atom. The number of ether oxygens (including phenoxy) is 1. The molecule has 1 aliphatic heterocycles. The van der Waals surface area contributed by atoms with Crippen molar-refractivity contribution in [2.45, 2.75) is 45.1 Å². The summed E-state index contributed by atoms with van der Waals surface area (Å²) in [7, 11) is 0. The minimum Gasteiger partial charge on any atom is -0.388 e. The Hall–Kier alpha value is -1.53. The van der Waals surface area contributed by atoms with E-state index in [0.717, 1.165) is 17.6 Å². The molecule has 0 spiro atoms. The van der Waals surface area contributed by atoms with Crippen molar-refractivity contribution in [1.29, 1.82) is 0 Å². The topological polar surface area (TPSA) is 73.1 Å². The Morgan fingerprint density at radius 3 is 3.00 bits per heavy atom. The predicted octanol–water partition coefficient (Wildman–Crippen LogP) is 1.19. The van der Waals surface area contributed by atoms with Crippen LogP contribution in [0.1, 0.15) is 31.7 Å². The fourth-order valence-corrected chi connectivity index (χ4v) is 2.40. The number of hydrogen-bond acceptors (Lipinski definition) is 5. The highest BCUT2D eigenvalue weighted by molar-refractivity contribution is 5.72. The average Bonchev–Trinajstić information content (AvgIpc) is 2.93. The van der Waals surface area contributed by atoms with Gasteiger partial charge in [0.05, 0.1) is 18.1 Å². The fourth-order valence-electron chi connectivity index (χ4n) is 2.40. The second-order valence-corrected chi connectivity index (χ2v) is 4.64. The molecule has 0 aliphatic carbocycles. The van der Waals surface area contributed by atoms with E-state index in [0.29, 0.717) is 12.1 Å². The van der Waals surface area contributed by atoms with Crippen LogP contribution in [0.25, 0.3) is 11.2 Å². The first kappa shape index (κ1) is 11.6. The zero-order valence-corrected chi connectivity index (χ0v) is 10.4. The molecule has 18 heavy (non-hydrogen) atoms. The molecule has 1 saturated heterocycles. The molecule has 3 rings (SSSR count). The van der Waals surface area contributed by atoms with Gasteiger partial charge in [0.25, 0.3) is 0 Å². The van der Waals surface area contributed by atoms with Crippen LogP contribution in [0, 0.1) is 6.92 Å². The second-order valence-electron chi connectivity index (χ2n) is 4.64. The number of rotatable bonds is 2. The van der Waals surface area contributed by atoms with Gasteiger partial charge in [0.2, 0.25) is 0 Å². The van der Waals surface area contributed by atoms with Crippen molar-refractivity contribution in [2.75, 3.05) is 0 Å². The zero-order chi connectivity index (χ0) is 12.7. The third-order valence-electron chi connectivity index (χ3n) is 3.44. The van der Waals surface area contributed by atoms with E-state index in [1.165, 1.54) is 6.33 Å². The molecule has 1 aliphatic rings. The van der Waals surface area contributed by atoms with E-state index < -0.39 is 12.3 Å². The standard InChI is InChI=1S/C12H16N4O2/c1-3-8-4-9(17)12(18-8)16-6-15-10-7(2)13-5-14-11(10)16/h5-6,8-9,12,17H,3-4H2,1-2H3/t8-,9+,12-/m1/s1. The molecule has 6 heteroatoms. The molecule has 0 aromatic carbocycles. The van der Waals surface area contributed by atoms with Gasteiger partial charge < -0.3 is 9.84 Å². The van der Waals surface area contributed by atoms with Gasteiger partial charge in [-0.05, 0) is 13.3 Å². The van der Waals surface area contributed by atoms with Gasteiger partial charge in [-0.1, -0.05) is 6.92 Å². The Labute approximate surface area is 105 Å². The fraction of sp³-hybridized carbons (Fsp3) is 0.583. The minimum atomic E-state index is -0.511. The number of aliphatic hydroxyl groups is 1. The van der Waals surface area contributed by atoms with Gasteiger partial charge in [-0.25, -0.2) is 15.0 Å². The van der Waals surface area contributed by atoms with E-state index in [2.05, 4.69) is 21.9 Å². The number of imidazole rings is 1. The van der Waals surface area contributed by atoms with E-state index in [1.807, 2.05) is 6.92 Å². The Bertz CT molecular complexity index is 568. The largest absolute Gasteiger partial charge is 0.388 e. The highest BCUT2D eigenvalue weighted by Gasteiger charge is 2.35. The summed E-state index contributed by atoms with van der Waals surface area (Å²) < 4.78 is 7.62. The van der Waals surface area contributed by atoms with Gasteiger partial charge in [-0.3, -0.25) is 4.57 Å². The summed E-state index contributed by atoms with van der Waals surface area (Å²) in [4.78, 5) is 12.6. The van der Waals surface area contributed by atoms with Crippen LogP contribution in [0.15, 0.2) is 12.7 Å². The first-order valence-electron chi connectivity index (χ1n) is 6.18. The number of aromatic nitrogens is 4. The smallest absolute Gasteiger partial charge is 0.165 e. The SMILES string of the molecule is CC[C@@H]1C[C@H](O)[C@H](n2cnc3c(C)ncnc32)O1. The minimum absolute atomic E-state index is 0.102. The van der Waals surface area contributed by atoms with Gasteiger partial charge in [0.1, 0.15) is 17.9 Å². The van der Waals surface area contributed by atoms with Crippen LogP contribution < -0.4 is 0 Å². The van der Waals surface area contributed by atoms with Crippen LogP contribution in [-0.2, 0) is 4.74 Å². The normalized spacial score (nSPS) is 28.1. The molecule has 0 bridgehead atoms. The third-order valence-corrected chi connectivity index (χ3v) is 3.44. The lowest BCUT2D eigenvalue weighted by atomic mass is 10.1. The van der Waals surface area contributed by atoms with Crippen LogP contribution in [0.4, 0.5) is 0 Å². The van der Waals surface area contributed by atoms with Crippen LogP contribution in [0.2, 0.25) is 0 Å². The van der Waals surface area contributed by atoms with Gasteiger partial charge in [-0.2, -0.15) is 0 Å². The number of nitrogens with zero attached hydrogens (tertiary/aromatic N) is 4. The Kier molecular flexibility index (Phi) is 2.76. The van der Waals surface area contributed by atoms with Crippen LogP contribution in [-0.4, -0.2) is 36.8 Å². The highest BCUT2D eigenvalue weighted by Crippen LogP contribution is 2.32. The maximum Gasteiger partial charge on any atom is 0.165 e. The molecule has 1 fully saturated rings. The van der Waals surface area contributed by atoms with Crippen molar-refractivity contribution in [2.24, 2.45) is 0 Å². The van der Waals surface area contributed by atoms with Crippen molar-refractivity contribution in [3.05, 3.63) is 18.3 Å². The molecule has 2 aromatic heterocycles. The maximum absolute atomic E-state index is 10.1. The average molecular weight is 248 g/mol. The summed E-state index contributed by atoms with van der Waals surface area (Å²) in [5.41, 5.74) is 2.30. The van der Waals surface area contributed by atoms with E-state index in [4.69, 9.17) is 4.74 Å². The van der Waals surface area contributed by atoms with Gasteiger partial charge in [0, 0.05) is 6.42 Å². The molecule has 3 atom stereocenters. The number of aryl methyl sites for hydroxylation is 1. The lowest BCUT2D eigenvalue weighted by Gasteiger charge is -2.16. The van der Waals surface area contributed by atoms with Gasteiger partial charge >= 0.3 is 0 Å². The molecule has 0 amide bonds. The molecule has 3 heterocycles. The summed E-state index contributed by atoms with van der Waals surface area (Å²) in [6, 6.07) is 0. The molecular formula is C12H16N4O2. The number of aliphatic hydroxyl groups excluding tert-OH is 1. The molecule has 0 unspecified atom stereocenters. The second kappa shape index (κ2) is 4.29. The molecule has 1 N–H and O–H groups in total. The van der Waals surface area contributed by atoms with Crippen LogP contribution in [0.3, 0.4) is 0 Å². The number of hydrogen-bond donors (Lipinski definition) is 1. The predicted molar refractivity (Wildman–Crippen MR) is 64.9 cm³/mol. The summed E-state index contributed by atoms with van der Waals surface area (Å²) in [5.74, 6) is 0. The van der Waals surface area contributed by atoms with E-state index in [1.54, 1.807) is 10.9 Å². The van der Waals surface area contributed by atoms with Gasteiger partial charge in [0.15, 0.2) is 11.9 Å². The van der Waals surface area contributed by atoms with Crippen LogP contribution in [0.5, 0.6) is 0 Å². The van der Waals surface area contributed by atoms with Crippen LogP contribution >= 0.6 is 0 Å². The van der Waals surface area contributed by atoms with E-state index in [9.17, 15) is 5.11 Å². The monoisotopic (exact) mass is 248 g/mol. The summed E-state index contributed by atoms with van der Waals surface area (Å²) in [6.45, 7) is 3.94. The Balaban J connectivity index is 2.02. The van der Waals surface area contributed by atoms with Crippen molar-refractivity contribution < 1.29 is 9.84 Å². The number of fused-ring (bicyclic) bond motifs is 1. The molecule has 96 valence electrons. The summed E-state index contributed by atoms with van der Waals surface area (Å²) in [5, 5.41) is 10.1. The zero-order valence-electron chi connectivity index (χ0n) is 10.4. The van der Waals surface area contributed by atoms with Crippen molar-refractivity contribution in [3.63, 3.8) is 0 Å².